The number of carbonyl (C=O) groups is 1. The Labute approximate surface area is 175 Å². The lowest BCUT2D eigenvalue weighted by Crippen LogP contribution is -2.35. The van der Waals surface area contributed by atoms with Gasteiger partial charge in [-0.25, -0.2) is 4.98 Å². The maximum atomic E-state index is 12.4. The van der Waals surface area contributed by atoms with E-state index in [0.717, 1.165) is 60.4 Å². The van der Waals surface area contributed by atoms with Crippen molar-refractivity contribution in [2.45, 2.75) is 19.9 Å². The molecule has 1 aliphatic rings. The minimum absolute atomic E-state index is 0.0444. The Hall–Kier alpha value is -2.54. The first-order valence-electron chi connectivity index (χ1n) is 9.87. The highest BCUT2D eigenvalue weighted by atomic mass is 32.1. The van der Waals surface area contributed by atoms with Crippen molar-refractivity contribution in [3.8, 4) is 10.6 Å². The number of anilines is 1. The normalized spacial score (nSPS) is 14.7. The number of nitrogens with one attached hydrogen (secondary N) is 1. The predicted molar refractivity (Wildman–Crippen MR) is 117 cm³/mol. The Kier molecular flexibility index (Phi) is 6.34. The van der Waals surface area contributed by atoms with Crippen LogP contribution in [0.2, 0.25) is 0 Å². The standard InChI is InChI=1S/C23H25N3O2S/c1-17-4-2-3-5-21(17)25-22(27)14-20-16-29-23(24-20)19-8-6-18(7-9-19)15-26-10-12-28-13-11-26/h2-9,16H,10-15H2,1H3,(H,25,27). The van der Waals surface area contributed by atoms with Crippen LogP contribution in [0.15, 0.2) is 53.9 Å². The van der Waals surface area contributed by atoms with Crippen molar-refractivity contribution in [3.63, 3.8) is 0 Å². The second-order valence-corrected chi connectivity index (χ2v) is 8.13. The molecule has 1 saturated heterocycles. The number of morpholine rings is 1. The fourth-order valence-corrected chi connectivity index (χ4v) is 4.19. The van der Waals surface area contributed by atoms with Gasteiger partial charge in [-0.2, -0.15) is 0 Å². The van der Waals surface area contributed by atoms with Gasteiger partial charge in [-0.3, -0.25) is 9.69 Å². The lowest BCUT2D eigenvalue weighted by Gasteiger charge is -2.26. The van der Waals surface area contributed by atoms with E-state index in [9.17, 15) is 4.79 Å². The minimum atomic E-state index is -0.0444. The van der Waals surface area contributed by atoms with E-state index in [-0.39, 0.29) is 12.3 Å². The highest BCUT2D eigenvalue weighted by Crippen LogP contribution is 2.25. The van der Waals surface area contributed by atoms with Crippen molar-refractivity contribution >= 4 is 22.9 Å². The molecular weight excluding hydrogens is 382 g/mol. The minimum Gasteiger partial charge on any atom is -0.379 e. The third kappa shape index (κ3) is 5.29. The molecule has 5 nitrogen and oxygen atoms in total. The van der Waals surface area contributed by atoms with Crippen LogP contribution in [-0.2, 0) is 22.5 Å². The number of aryl methyl sites for hydroxylation is 1. The second kappa shape index (κ2) is 9.31. The molecule has 0 spiro atoms. The molecule has 0 aliphatic carbocycles. The smallest absolute Gasteiger partial charge is 0.230 e. The van der Waals surface area contributed by atoms with Gasteiger partial charge in [-0.1, -0.05) is 42.5 Å². The van der Waals surface area contributed by atoms with Gasteiger partial charge in [0, 0.05) is 36.3 Å². The molecule has 2 heterocycles. The average molecular weight is 408 g/mol. The van der Waals surface area contributed by atoms with E-state index in [4.69, 9.17) is 4.74 Å². The predicted octanol–water partition coefficient (Wildman–Crippen LogP) is 4.13. The van der Waals surface area contributed by atoms with Crippen molar-refractivity contribution < 1.29 is 9.53 Å². The van der Waals surface area contributed by atoms with Crippen molar-refractivity contribution in [1.82, 2.24) is 9.88 Å². The summed E-state index contributed by atoms with van der Waals surface area (Å²) >= 11 is 1.58. The van der Waals surface area contributed by atoms with Gasteiger partial charge in [0.15, 0.2) is 0 Å². The number of benzene rings is 2. The first-order valence-corrected chi connectivity index (χ1v) is 10.7. The first-order chi connectivity index (χ1) is 14.2. The van der Waals surface area contributed by atoms with Gasteiger partial charge in [0.2, 0.25) is 5.91 Å². The number of aromatic nitrogens is 1. The van der Waals surface area contributed by atoms with Crippen LogP contribution >= 0.6 is 11.3 Å². The Morgan fingerprint density at radius 1 is 1.14 bits per heavy atom. The Bertz CT molecular complexity index is 962. The van der Waals surface area contributed by atoms with Crippen LogP contribution in [0.1, 0.15) is 16.8 Å². The lowest BCUT2D eigenvalue weighted by molar-refractivity contribution is -0.115. The summed E-state index contributed by atoms with van der Waals surface area (Å²) < 4.78 is 5.41. The molecular formula is C23H25N3O2S. The number of para-hydroxylation sites is 1. The van der Waals surface area contributed by atoms with E-state index in [1.165, 1.54) is 5.56 Å². The van der Waals surface area contributed by atoms with Crippen LogP contribution in [-0.4, -0.2) is 42.1 Å². The first kappa shape index (κ1) is 19.8. The van der Waals surface area contributed by atoms with E-state index in [1.807, 2.05) is 36.6 Å². The van der Waals surface area contributed by atoms with Crippen LogP contribution in [0, 0.1) is 6.92 Å². The van der Waals surface area contributed by atoms with Crippen molar-refractivity contribution in [3.05, 3.63) is 70.7 Å². The summed E-state index contributed by atoms with van der Waals surface area (Å²) in [5.74, 6) is -0.0444. The van der Waals surface area contributed by atoms with Gasteiger partial charge in [0.1, 0.15) is 5.01 Å². The number of amides is 1. The van der Waals surface area contributed by atoms with Gasteiger partial charge in [-0.05, 0) is 24.1 Å². The average Bonchev–Trinajstić information content (AvgIpc) is 3.19. The molecule has 1 aliphatic heterocycles. The molecule has 29 heavy (non-hydrogen) atoms. The van der Waals surface area contributed by atoms with Crippen molar-refractivity contribution in [2.24, 2.45) is 0 Å². The van der Waals surface area contributed by atoms with Crippen LogP contribution in [0.25, 0.3) is 10.6 Å². The topological polar surface area (TPSA) is 54.5 Å². The number of hydrogen-bond acceptors (Lipinski definition) is 5. The van der Waals surface area contributed by atoms with Crippen molar-refractivity contribution in [1.29, 1.82) is 0 Å². The van der Waals surface area contributed by atoms with Gasteiger partial charge in [0.25, 0.3) is 0 Å². The molecule has 4 rings (SSSR count). The number of rotatable bonds is 6. The molecule has 6 heteroatoms. The Morgan fingerprint density at radius 3 is 2.66 bits per heavy atom. The maximum absolute atomic E-state index is 12.4. The van der Waals surface area contributed by atoms with Gasteiger partial charge in [-0.15, -0.1) is 11.3 Å². The highest BCUT2D eigenvalue weighted by molar-refractivity contribution is 7.13. The van der Waals surface area contributed by atoms with Crippen LogP contribution < -0.4 is 5.32 Å². The summed E-state index contributed by atoms with van der Waals surface area (Å²) in [4.78, 5) is 19.4. The third-order valence-electron chi connectivity index (χ3n) is 5.02. The molecule has 0 unspecified atom stereocenters. The second-order valence-electron chi connectivity index (χ2n) is 7.27. The van der Waals surface area contributed by atoms with Crippen LogP contribution in [0.4, 0.5) is 5.69 Å². The molecule has 0 bridgehead atoms. The zero-order valence-electron chi connectivity index (χ0n) is 16.6. The third-order valence-corrected chi connectivity index (χ3v) is 5.96. The SMILES string of the molecule is Cc1ccccc1NC(=O)Cc1csc(-c2ccc(CN3CCOCC3)cc2)n1. The number of thiazole rings is 1. The van der Waals surface area contributed by atoms with E-state index >= 15 is 0 Å². The summed E-state index contributed by atoms with van der Waals surface area (Å²) in [7, 11) is 0. The van der Waals surface area contributed by atoms with E-state index in [0.29, 0.717) is 0 Å². The Morgan fingerprint density at radius 2 is 1.90 bits per heavy atom. The lowest BCUT2D eigenvalue weighted by atomic mass is 10.1. The molecule has 3 aromatic rings. The zero-order valence-corrected chi connectivity index (χ0v) is 17.4. The Balaban J connectivity index is 1.35. The summed E-state index contributed by atoms with van der Waals surface area (Å²) in [6.45, 7) is 6.55. The monoisotopic (exact) mass is 407 g/mol. The largest absolute Gasteiger partial charge is 0.379 e. The van der Waals surface area contributed by atoms with E-state index in [2.05, 4.69) is 39.5 Å². The van der Waals surface area contributed by atoms with E-state index < -0.39 is 0 Å². The number of hydrogen-bond donors (Lipinski definition) is 1. The molecule has 150 valence electrons. The number of nitrogens with zero attached hydrogens (tertiary/aromatic N) is 2. The van der Waals surface area contributed by atoms with Gasteiger partial charge in [0.05, 0.1) is 25.3 Å². The number of ether oxygens (including phenoxy) is 1. The van der Waals surface area contributed by atoms with Crippen LogP contribution in [0.3, 0.4) is 0 Å². The highest BCUT2D eigenvalue weighted by Gasteiger charge is 2.12. The molecule has 0 atom stereocenters. The summed E-state index contributed by atoms with van der Waals surface area (Å²) in [6, 6.07) is 16.3. The molecule has 2 aromatic carbocycles. The number of carbonyl (C=O) groups excluding carboxylic acids is 1. The zero-order chi connectivity index (χ0) is 20.1. The fraction of sp³-hybridized carbons (Fsp3) is 0.304. The quantitative estimate of drug-likeness (QED) is 0.668. The van der Waals surface area contributed by atoms with Crippen molar-refractivity contribution in [2.75, 3.05) is 31.6 Å². The molecule has 1 aromatic heterocycles. The molecule has 1 N–H and O–H groups in total. The summed E-state index contributed by atoms with van der Waals surface area (Å²) in [5.41, 5.74) is 5.09. The molecule has 0 radical (unpaired) electrons. The molecule has 1 amide bonds. The molecule has 0 saturated carbocycles. The summed E-state index contributed by atoms with van der Waals surface area (Å²) in [5, 5.41) is 5.88. The summed E-state index contributed by atoms with van der Waals surface area (Å²) in [6.07, 6.45) is 0.278. The van der Waals surface area contributed by atoms with Gasteiger partial charge >= 0.3 is 0 Å². The fourth-order valence-electron chi connectivity index (χ4n) is 3.36. The molecule has 1 fully saturated rings. The maximum Gasteiger partial charge on any atom is 0.230 e. The van der Waals surface area contributed by atoms with Gasteiger partial charge < -0.3 is 10.1 Å². The van der Waals surface area contributed by atoms with Crippen LogP contribution in [0.5, 0.6) is 0 Å². The van der Waals surface area contributed by atoms with E-state index in [1.54, 1.807) is 11.3 Å².